The van der Waals surface area contributed by atoms with Crippen molar-refractivity contribution in [3.63, 3.8) is 0 Å². The van der Waals surface area contributed by atoms with E-state index >= 15 is 0 Å². The Hall–Kier alpha value is -2.37. The van der Waals surface area contributed by atoms with Crippen molar-refractivity contribution in [1.29, 1.82) is 0 Å². The highest BCUT2D eigenvalue weighted by Gasteiger charge is 2.01. The summed E-state index contributed by atoms with van der Waals surface area (Å²) < 4.78 is 1.75. The summed E-state index contributed by atoms with van der Waals surface area (Å²) in [6.45, 7) is 0.698. The third-order valence-corrected chi connectivity index (χ3v) is 2.72. The van der Waals surface area contributed by atoms with E-state index in [1.807, 2.05) is 31.4 Å². The van der Waals surface area contributed by atoms with Crippen LogP contribution in [0.25, 0.3) is 10.9 Å². The van der Waals surface area contributed by atoms with Gasteiger partial charge in [0.2, 0.25) is 0 Å². The molecule has 0 atom stereocenters. The highest BCUT2D eigenvalue weighted by Crippen LogP contribution is 2.16. The molecule has 0 bridgehead atoms. The van der Waals surface area contributed by atoms with Crippen LogP contribution in [0.1, 0.15) is 5.69 Å². The van der Waals surface area contributed by atoms with Gasteiger partial charge in [0.05, 0.1) is 30.1 Å². The molecule has 0 aliphatic heterocycles. The number of aryl methyl sites for hydroxylation is 1. The van der Waals surface area contributed by atoms with E-state index in [0.29, 0.717) is 6.54 Å². The lowest BCUT2D eigenvalue weighted by Gasteiger charge is -2.05. The van der Waals surface area contributed by atoms with Gasteiger partial charge < -0.3 is 5.32 Å². The van der Waals surface area contributed by atoms with Crippen LogP contribution in [0.5, 0.6) is 0 Å². The lowest BCUT2D eigenvalue weighted by atomic mass is 10.2. The maximum atomic E-state index is 3.99. The Labute approximate surface area is 97.6 Å². The van der Waals surface area contributed by atoms with E-state index in [0.717, 1.165) is 22.3 Å². The predicted molar refractivity (Wildman–Crippen MR) is 64.4 cm³/mol. The summed E-state index contributed by atoms with van der Waals surface area (Å²) in [6, 6.07) is 6.09. The van der Waals surface area contributed by atoms with Gasteiger partial charge in [0, 0.05) is 18.1 Å². The van der Waals surface area contributed by atoms with E-state index in [-0.39, 0.29) is 0 Å². The van der Waals surface area contributed by atoms with Crippen molar-refractivity contribution in [2.75, 3.05) is 5.32 Å². The number of anilines is 1. The Morgan fingerprint density at radius 3 is 3.12 bits per heavy atom. The van der Waals surface area contributed by atoms with Crippen molar-refractivity contribution in [3.05, 3.63) is 36.3 Å². The quantitative estimate of drug-likeness (QED) is 0.709. The van der Waals surface area contributed by atoms with E-state index in [2.05, 4.69) is 25.8 Å². The largest absolute Gasteiger partial charge is 0.379 e. The van der Waals surface area contributed by atoms with Gasteiger partial charge in [0.25, 0.3) is 0 Å². The van der Waals surface area contributed by atoms with Crippen LogP contribution < -0.4 is 5.32 Å². The fourth-order valence-electron chi connectivity index (χ4n) is 1.71. The molecule has 0 unspecified atom stereocenters. The number of rotatable bonds is 3. The lowest BCUT2D eigenvalue weighted by molar-refractivity contribution is 0.683. The summed E-state index contributed by atoms with van der Waals surface area (Å²) in [5.74, 6) is 0. The van der Waals surface area contributed by atoms with Crippen LogP contribution in [0.15, 0.2) is 30.6 Å². The maximum absolute atomic E-state index is 3.99. The molecule has 1 aromatic carbocycles. The molecular formula is C11H12N6. The number of aromatic amines is 1. The van der Waals surface area contributed by atoms with Crippen molar-refractivity contribution in [2.45, 2.75) is 6.54 Å². The average Bonchev–Trinajstić information content (AvgIpc) is 2.94. The van der Waals surface area contributed by atoms with Crippen molar-refractivity contribution in [3.8, 4) is 0 Å². The molecule has 3 aromatic rings. The molecule has 0 amide bonds. The highest BCUT2D eigenvalue weighted by atomic mass is 15.4. The van der Waals surface area contributed by atoms with Crippen LogP contribution in [0.3, 0.4) is 0 Å². The average molecular weight is 228 g/mol. The molecule has 0 radical (unpaired) electrons. The topological polar surface area (TPSA) is 71.4 Å². The summed E-state index contributed by atoms with van der Waals surface area (Å²) in [7, 11) is 1.88. The van der Waals surface area contributed by atoms with Crippen molar-refractivity contribution >= 4 is 16.6 Å². The summed E-state index contributed by atoms with van der Waals surface area (Å²) in [4.78, 5) is 0. The zero-order valence-corrected chi connectivity index (χ0v) is 9.38. The monoisotopic (exact) mass is 228 g/mol. The second-order valence-corrected chi connectivity index (χ2v) is 3.87. The molecule has 17 heavy (non-hydrogen) atoms. The number of nitrogens with one attached hydrogen (secondary N) is 2. The SMILES string of the molecule is Cn1nncc1CNc1ccc2cn[nH]c2c1. The molecule has 0 saturated heterocycles. The minimum atomic E-state index is 0.698. The van der Waals surface area contributed by atoms with E-state index in [4.69, 9.17) is 0 Å². The third-order valence-electron chi connectivity index (χ3n) is 2.72. The Bertz CT molecular complexity index is 638. The number of nitrogens with zero attached hydrogens (tertiary/aromatic N) is 4. The maximum Gasteiger partial charge on any atom is 0.0774 e. The van der Waals surface area contributed by atoms with Crippen LogP contribution in [-0.4, -0.2) is 25.2 Å². The van der Waals surface area contributed by atoms with Gasteiger partial charge in [-0.25, -0.2) is 0 Å². The van der Waals surface area contributed by atoms with Gasteiger partial charge in [-0.15, -0.1) is 5.10 Å². The molecule has 2 aromatic heterocycles. The fourth-order valence-corrected chi connectivity index (χ4v) is 1.71. The summed E-state index contributed by atoms with van der Waals surface area (Å²) >= 11 is 0. The van der Waals surface area contributed by atoms with E-state index < -0.39 is 0 Å². The Morgan fingerprint density at radius 2 is 2.29 bits per heavy atom. The van der Waals surface area contributed by atoms with Crippen molar-refractivity contribution < 1.29 is 0 Å². The van der Waals surface area contributed by atoms with Gasteiger partial charge in [0.1, 0.15) is 0 Å². The van der Waals surface area contributed by atoms with Crippen LogP contribution in [0.4, 0.5) is 5.69 Å². The molecule has 2 N–H and O–H groups in total. The minimum absolute atomic E-state index is 0.698. The predicted octanol–water partition coefficient (Wildman–Crippen LogP) is 1.30. The zero-order chi connectivity index (χ0) is 11.7. The first-order valence-corrected chi connectivity index (χ1v) is 5.33. The van der Waals surface area contributed by atoms with Crippen molar-refractivity contribution in [1.82, 2.24) is 25.2 Å². The van der Waals surface area contributed by atoms with Crippen molar-refractivity contribution in [2.24, 2.45) is 7.05 Å². The first-order chi connectivity index (χ1) is 8.33. The zero-order valence-electron chi connectivity index (χ0n) is 9.38. The van der Waals surface area contributed by atoms with Gasteiger partial charge in [-0.1, -0.05) is 5.21 Å². The Kier molecular flexibility index (Phi) is 2.25. The Balaban J connectivity index is 1.78. The van der Waals surface area contributed by atoms with Crippen LogP contribution in [0, 0.1) is 0 Å². The number of fused-ring (bicyclic) bond motifs is 1. The normalized spacial score (nSPS) is 10.9. The second-order valence-electron chi connectivity index (χ2n) is 3.87. The summed E-state index contributed by atoms with van der Waals surface area (Å²) in [5.41, 5.74) is 3.11. The molecule has 0 saturated carbocycles. The van der Waals surface area contributed by atoms with Crippen LogP contribution in [-0.2, 0) is 13.6 Å². The van der Waals surface area contributed by atoms with Gasteiger partial charge in [0.15, 0.2) is 0 Å². The van der Waals surface area contributed by atoms with Gasteiger partial charge in [-0.05, 0) is 18.2 Å². The fraction of sp³-hybridized carbons (Fsp3) is 0.182. The number of aromatic nitrogens is 5. The minimum Gasteiger partial charge on any atom is -0.379 e. The number of hydrogen-bond acceptors (Lipinski definition) is 4. The van der Waals surface area contributed by atoms with E-state index in [1.54, 1.807) is 10.9 Å². The molecular weight excluding hydrogens is 216 g/mol. The van der Waals surface area contributed by atoms with Crippen LogP contribution in [0.2, 0.25) is 0 Å². The standard InChI is InChI=1S/C11H12N6/c1-17-10(7-14-16-17)6-12-9-3-2-8-5-13-15-11(8)4-9/h2-5,7,12H,6H2,1H3,(H,13,15). The first-order valence-electron chi connectivity index (χ1n) is 5.33. The molecule has 0 spiro atoms. The third kappa shape index (κ3) is 1.84. The Morgan fingerprint density at radius 1 is 1.35 bits per heavy atom. The van der Waals surface area contributed by atoms with Gasteiger partial charge >= 0.3 is 0 Å². The number of H-pyrrole nitrogens is 1. The van der Waals surface area contributed by atoms with Crippen LogP contribution >= 0.6 is 0 Å². The molecule has 2 heterocycles. The number of hydrogen-bond donors (Lipinski definition) is 2. The molecule has 3 rings (SSSR count). The number of benzene rings is 1. The van der Waals surface area contributed by atoms with Gasteiger partial charge in [-0.3, -0.25) is 9.78 Å². The first kappa shape index (κ1) is 9.83. The molecule has 6 nitrogen and oxygen atoms in total. The van der Waals surface area contributed by atoms with E-state index in [9.17, 15) is 0 Å². The summed E-state index contributed by atoms with van der Waals surface area (Å²) in [5, 5.41) is 19.1. The lowest BCUT2D eigenvalue weighted by Crippen LogP contribution is -2.05. The highest BCUT2D eigenvalue weighted by molar-refractivity contribution is 5.81. The summed E-state index contributed by atoms with van der Waals surface area (Å²) in [6.07, 6.45) is 3.56. The van der Waals surface area contributed by atoms with E-state index in [1.165, 1.54) is 0 Å². The molecule has 6 heteroatoms. The second kappa shape index (κ2) is 3.89. The molecule has 86 valence electrons. The smallest absolute Gasteiger partial charge is 0.0774 e. The molecule has 0 aliphatic carbocycles. The van der Waals surface area contributed by atoms with Gasteiger partial charge in [-0.2, -0.15) is 5.10 Å². The molecule has 0 fully saturated rings. The molecule has 0 aliphatic rings.